The molecule has 1 atom stereocenters. The Hall–Kier alpha value is -2.94. The van der Waals surface area contributed by atoms with Crippen molar-refractivity contribution in [3.63, 3.8) is 0 Å². The van der Waals surface area contributed by atoms with Crippen LogP contribution in [0.1, 0.15) is 18.4 Å². The molecular weight excluding hydrogens is 366 g/mol. The molecule has 0 bridgehead atoms. The average Bonchev–Trinajstić information content (AvgIpc) is 2.60. The summed E-state index contributed by atoms with van der Waals surface area (Å²) in [5.74, 6) is 0.244. The van der Waals surface area contributed by atoms with Gasteiger partial charge in [0.1, 0.15) is 5.82 Å². The average molecular weight is 385 g/mol. The molecule has 0 aliphatic carbocycles. The number of nitrogens with one attached hydrogen (secondary N) is 2. The zero-order chi connectivity index (χ0) is 19.6. The van der Waals surface area contributed by atoms with E-state index in [0.717, 1.165) is 0 Å². The summed E-state index contributed by atoms with van der Waals surface area (Å²) in [6.45, 7) is 3.63. The number of hydrogen-bond acceptors (Lipinski definition) is 6. The van der Waals surface area contributed by atoms with E-state index >= 15 is 0 Å². The van der Waals surface area contributed by atoms with Crippen molar-refractivity contribution in [1.82, 2.24) is 24.8 Å². The molecule has 9 heteroatoms. The Morgan fingerprint density at radius 1 is 1.22 bits per heavy atom. The van der Waals surface area contributed by atoms with E-state index in [1.165, 1.54) is 22.7 Å². The maximum atomic E-state index is 12.6. The molecule has 27 heavy (non-hydrogen) atoms. The van der Waals surface area contributed by atoms with Crippen LogP contribution in [0.5, 0.6) is 0 Å². The molecule has 1 aromatic carbocycles. The van der Waals surface area contributed by atoms with E-state index in [9.17, 15) is 14.4 Å². The number of benzene rings is 1. The summed E-state index contributed by atoms with van der Waals surface area (Å²) in [6.07, 6.45) is 0. The third kappa shape index (κ3) is 4.43. The van der Waals surface area contributed by atoms with Gasteiger partial charge in [0.15, 0.2) is 5.16 Å². The predicted molar refractivity (Wildman–Crippen MR) is 104 cm³/mol. The van der Waals surface area contributed by atoms with Crippen LogP contribution >= 0.6 is 11.8 Å². The molecule has 0 saturated carbocycles. The van der Waals surface area contributed by atoms with Gasteiger partial charge in [0.05, 0.1) is 22.7 Å². The molecule has 0 aliphatic heterocycles. The van der Waals surface area contributed by atoms with E-state index < -0.39 is 5.25 Å². The molecule has 0 radical (unpaired) electrons. The summed E-state index contributed by atoms with van der Waals surface area (Å²) in [6, 6.07) is 8.44. The number of nitrogens with zero attached hydrogens (tertiary/aromatic N) is 3. The van der Waals surface area contributed by atoms with Gasteiger partial charge >= 0.3 is 0 Å². The highest BCUT2D eigenvalue weighted by Crippen LogP contribution is 2.20. The van der Waals surface area contributed by atoms with E-state index in [1.807, 2.05) is 6.07 Å². The van der Waals surface area contributed by atoms with Crippen molar-refractivity contribution >= 4 is 28.6 Å². The number of aryl methyl sites for hydroxylation is 1. The van der Waals surface area contributed by atoms with Crippen LogP contribution in [0.15, 0.2) is 45.1 Å². The molecule has 2 heterocycles. The Morgan fingerprint density at radius 2 is 1.96 bits per heavy atom. The summed E-state index contributed by atoms with van der Waals surface area (Å²) in [7, 11) is 1.64. The van der Waals surface area contributed by atoms with E-state index in [0.29, 0.717) is 27.6 Å². The van der Waals surface area contributed by atoms with Gasteiger partial charge in [-0.1, -0.05) is 23.9 Å². The number of carbonyl (C=O) groups excluding carboxylic acids is 1. The maximum absolute atomic E-state index is 12.6. The second-order valence-electron chi connectivity index (χ2n) is 6.18. The van der Waals surface area contributed by atoms with Gasteiger partial charge in [0.25, 0.3) is 11.1 Å². The Kier molecular flexibility index (Phi) is 5.41. The second-order valence-corrected chi connectivity index (χ2v) is 7.51. The lowest BCUT2D eigenvalue weighted by atomic mass is 10.2. The number of aromatic nitrogens is 4. The quantitative estimate of drug-likeness (QED) is 0.508. The molecule has 0 saturated heterocycles. The molecule has 1 unspecified atom stereocenters. The van der Waals surface area contributed by atoms with Gasteiger partial charge in [0, 0.05) is 18.8 Å². The Morgan fingerprint density at radius 3 is 2.70 bits per heavy atom. The molecule has 2 aromatic heterocycles. The van der Waals surface area contributed by atoms with E-state index in [1.54, 1.807) is 39.1 Å². The first kappa shape index (κ1) is 18.8. The van der Waals surface area contributed by atoms with Crippen molar-refractivity contribution < 1.29 is 4.79 Å². The fourth-order valence-corrected chi connectivity index (χ4v) is 3.62. The van der Waals surface area contributed by atoms with E-state index in [4.69, 9.17) is 0 Å². The van der Waals surface area contributed by atoms with Crippen molar-refractivity contribution in [3.05, 3.63) is 62.6 Å². The largest absolute Gasteiger partial charge is 0.337 e. The summed E-state index contributed by atoms with van der Waals surface area (Å²) in [5, 5.41) is 0.437. The lowest BCUT2D eigenvalue weighted by Gasteiger charge is -2.20. The van der Waals surface area contributed by atoms with Gasteiger partial charge < -0.3 is 14.9 Å². The van der Waals surface area contributed by atoms with Crippen molar-refractivity contribution in [3.8, 4) is 0 Å². The van der Waals surface area contributed by atoms with Crippen LogP contribution in [0.25, 0.3) is 10.9 Å². The fraction of sp³-hybridized carbons (Fsp3) is 0.278. The van der Waals surface area contributed by atoms with Gasteiger partial charge in [0.2, 0.25) is 5.91 Å². The lowest BCUT2D eigenvalue weighted by Crippen LogP contribution is -2.34. The number of hydrogen-bond donors (Lipinski definition) is 2. The number of rotatable bonds is 5. The minimum absolute atomic E-state index is 0.167. The van der Waals surface area contributed by atoms with Crippen LogP contribution in [0, 0.1) is 6.92 Å². The van der Waals surface area contributed by atoms with Gasteiger partial charge in [-0.15, -0.1) is 0 Å². The highest BCUT2D eigenvalue weighted by molar-refractivity contribution is 8.00. The van der Waals surface area contributed by atoms with Crippen LogP contribution < -0.4 is 11.1 Å². The smallest absolute Gasteiger partial charge is 0.258 e. The highest BCUT2D eigenvalue weighted by Gasteiger charge is 2.21. The number of carbonyl (C=O) groups is 1. The number of fused-ring (bicyclic) bond motifs is 1. The standard InChI is InChI=1S/C18H19N5O3S/c1-10-8-15(24)22-18(19-10)27-11(2)17(26)23(3)9-14-20-13-7-5-4-6-12(13)16(25)21-14/h4-8,11H,9H2,1-3H3,(H,19,22,24)(H,20,21,25). The lowest BCUT2D eigenvalue weighted by molar-refractivity contribution is -0.129. The van der Waals surface area contributed by atoms with Crippen molar-refractivity contribution in [2.75, 3.05) is 7.05 Å². The zero-order valence-corrected chi connectivity index (χ0v) is 16.0. The zero-order valence-electron chi connectivity index (χ0n) is 15.1. The molecule has 0 aliphatic rings. The Balaban J connectivity index is 1.73. The van der Waals surface area contributed by atoms with Crippen molar-refractivity contribution in [1.29, 1.82) is 0 Å². The number of para-hydroxylation sites is 1. The summed E-state index contributed by atoms with van der Waals surface area (Å²) in [5.41, 5.74) is 0.685. The molecule has 140 valence electrons. The van der Waals surface area contributed by atoms with Crippen LogP contribution in [0.3, 0.4) is 0 Å². The first-order valence-electron chi connectivity index (χ1n) is 8.31. The Bertz CT molecular complexity index is 1110. The van der Waals surface area contributed by atoms with E-state index in [2.05, 4.69) is 19.9 Å². The fourth-order valence-electron chi connectivity index (χ4n) is 2.65. The van der Waals surface area contributed by atoms with E-state index in [-0.39, 0.29) is 23.6 Å². The number of H-pyrrole nitrogens is 2. The van der Waals surface area contributed by atoms with Gasteiger partial charge in [-0.2, -0.15) is 0 Å². The maximum Gasteiger partial charge on any atom is 0.258 e. The van der Waals surface area contributed by atoms with Gasteiger partial charge in [-0.25, -0.2) is 9.97 Å². The van der Waals surface area contributed by atoms with Crippen molar-refractivity contribution in [2.24, 2.45) is 0 Å². The molecule has 8 nitrogen and oxygen atoms in total. The summed E-state index contributed by atoms with van der Waals surface area (Å²) >= 11 is 1.17. The third-order valence-electron chi connectivity index (χ3n) is 3.91. The first-order chi connectivity index (χ1) is 12.8. The third-order valence-corrected chi connectivity index (χ3v) is 4.88. The second kappa shape index (κ2) is 7.75. The minimum Gasteiger partial charge on any atom is -0.337 e. The molecule has 1 amide bonds. The monoisotopic (exact) mass is 385 g/mol. The van der Waals surface area contributed by atoms with Gasteiger partial charge in [-0.05, 0) is 26.0 Å². The van der Waals surface area contributed by atoms with Crippen LogP contribution in [0.4, 0.5) is 0 Å². The molecule has 0 fully saturated rings. The molecule has 3 aromatic rings. The predicted octanol–water partition coefficient (Wildman–Crippen LogP) is 1.45. The molecular formula is C18H19N5O3S. The summed E-state index contributed by atoms with van der Waals surface area (Å²) < 4.78 is 0. The Labute approximate surface area is 159 Å². The molecule has 3 rings (SSSR count). The van der Waals surface area contributed by atoms with Crippen LogP contribution in [-0.4, -0.2) is 43.0 Å². The van der Waals surface area contributed by atoms with Crippen LogP contribution in [0.2, 0.25) is 0 Å². The normalized spacial score (nSPS) is 12.1. The minimum atomic E-state index is -0.466. The molecule has 0 spiro atoms. The molecule has 2 N–H and O–H groups in total. The SMILES string of the molecule is Cc1cc(=O)[nH]c(SC(C)C(=O)N(C)Cc2nc3ccccc3c(=O)[nH]2)n1. The summed E-state index contributed by atoms with van der Waals surface area (Å²) in [4.78, 5) is 51.8. The number of thioether (sulfide) groups is 1. The first-order valence-corrected chi connectivity index (χ1v) is 9.19. The topological polar surface area (TPSA) is 112 Å². The number of aromatic amines is 2. The number of amides is 1. The highest BCUT2D eigenvalue weighted by atomic mass is 32.2. The van der Waals surface area contributed by atoms with Crippen molar-refractivity contribution in [2.45, 2.75) is 30.8 Å². The van der Waals surface area contributed by atoms with Gasteiger partial charge in [-0.3, -0.25) is 14.4 Å². The van der Waals surface area contributed by atoms with Crippen LogP contribution in [-0.2, 0) is 11.3 Å².